The number of hydrogen-bond acceptors (Lipinski definition) is 7. The number of fused-ring (bicyclic) bond motifs is 1. The summed E-state index contributed by atoms with van der Waals surface area (Å²) >= 11 is 0. The first kappa shape index (κ1) is 23.4. The predicted molar refractivity (Wildman–Crippen MR) is 117 cm³/mol. The van der Waals surface area contributed by atoms with Gasteiger partial charge in [-0.3, -0.25) is 9.69 Å². The highest BCUT2D eigenvalue weighted by molar-refractivity contribution is 7.90. The van der Waals surface area contributed by atoms with Crippen LogP contribution in [0.3, 0.4) is 0 Å². The van der Waals surface area contributed by atoms with Crippen LogP contribution in [0, 0.1) is 5.82 Å². The highest BCUT2D eigenvalue weighted by atomic mass is 32.2. The maximum absolute atomic E-state index is 15.0. The molecule has 1 unspecified atom stereocenters. The quantitative estimate of drug-likeness (QED) is 0.536. The zero-order valence-electron chi connectivity index (χ0n) is 18.1. The Morgan fingerprint density at radius 1 is 1.26 bits per heavy atom. The van der Waals surface area contributed by atoms with E-state index >= 15 is 0 Å². The molecule has 0 bridgehead atoms. The van der Waals surface area contributed by atoms with Crippen molar-refractivity contribution < 1.29 is 32.2 Å². The number of piperidine rings is 1. The molecule has 3 heterocycles. The number of sulfonamides is 1. The molecule has 0 radical (unpaired) electrons. The molecule has 2 amide bonds. The van der Waals surface area contributed by atoms with Gasteiger partial charge in [-0.25, -0.2) is 27.3 Å². The number of halogens is 1. The summed E-state index contributed by atoms with van der Waals surface area (Å²) < 4.78 is 48.6. The normalized spacial score (nSPS) is 16.4. The molecule has 2 aromatic heterocycles. The first-order valence-corrected chi connectivity index (χ1v) is 12.0. The van der Waals surface area contributed by atoms with Crippen LogP contribution in [0.15, 0.2) is 41.6 Å². The summed E-state index contributed by atoms with van der Waals surface area (Å²) in [6.07, 6.45) is 3.06. The average Bonchev–Trinajstić information content (AvgIpc) is 3.24. The molecule has 34 heavy (non-hydrogen) atoms. The number of carboxylic acid groups (broad SMARTS) is 1. The zero-order chi connectivity index (χ0) is 24.5. The van der Waals surface area contributed by atoms with Crippen molar-refractivity contribution in [1.82, 2.24) is 24.2 Å². The fourth-order valence-corrected chi connectivity index (χ4v) is 4.76. The monoisotopic (exact) mass is 491 g/mol. The molecule has 0 saturated carbocycles. The van der Waals surface area contributed by atoms with Crippen molar-refractivity contribution in [3.63, 3.8) is 0 Å². The third kappa shape index (κ3) is 4.51. The second-order valence-corrected chi connectivity index (χ2v) is 9.33. The number of carbonyl (C=O) groups excluding carboxylic acids is 1. The molecule has 1 aromatic carbocycles. The number of benzene rings is 1. The molecule has 1 saturated heterocycles. The molecular weight excluding hydrogens is 469 g/mol. The van der Waals surface area contributed by atoms with Gasteiger partial charge in [-0.15, -0.1) is 0 Å². The summed E-state index contributed by atoms with van der Waals surface area (Å²) in [7, 11) is -4.21. The summed E-state index contributed by atoms with van der Waals surface area (Å²) in [4.78, 5) is 28.1. The number of rotatable bonds is 6. The van der Waals surface area contributed by atoms with Crippen molar-refractivity contribution in [2.75, 3.05) is 6.54 Å². The van der Waals surface area contributed by atoms with Crippen molar-refractivity contribution >= 4 is 27.7 Å². The van der Waals surface area contributed by atoms with E-state index in [1.54, 1.807) is 0 Å². The van der Waals surface area contributed by atoms with E-state index in [0.717, 1.165) is 18.9 Å². The van der Waals surface area contributed by atoms with Gasteiger partial charge in [0.1, 0.15) is 5.82 Å². The van der Waals surface area contributed by atoms with Gasteiger partial charge in [-0.2, -0.15) is 9.61 Å². The van der Waals surface area contributed by atoms with Crippen LogP contribution < -0.4 is 9.46 Å². The van der Waals surface area contributed by atoms with Crippen LogP contribution >= 0.6 is 0 Å². The van der Waals surface area contributed by atoms with Gasteiger partial charge < -0.3 is 9.84 Å². The van der Waals surface area contributed by atoms with E-state index in [1.165, 1.54) is 46.9 Å². The van der Waals surface area contributed by atoms with E-state index in [-0.39, 0.29) is 29.1 Å². The standard InChI is InChI=1S/C21H22FN5O6S/c1-2-17(28)25-34(31,32)13-6-7-14(16(22)11-13)15-12-24-27-19(8-9-23-20(15)27)33-18-5-3-4-10-26(18)21(29)30/h6-9,11-12,18H,2-5,10H2,1H3,(H,25,28)(H,29,30). The van der Waals surface area contributed by atoms with E-state index in [2.05, 4.69) is 10.1 Å². The number of nitrogens with zero attached hydrogens (tertiary/aromatic N) is 4. The molecule has 3 aromatic rings. The van der Waals surface area contributed by atoms with Crippen LogP contribution in [0.25, 0.3) is 16.8 Å². The van der Waals surface area contributed by atoms with Gasteiger partial charge in [0, 0.05) is 42.8 Å². The Morgan fingerprint density at radius 2 is 2.06 bits per heavy atom. The van der Waals surface area contributed by atoms with Gasteiger partial charge in [-0.1, -0.05) is 6.92 Å². The minimum absolute atomic E-state index is 0.0383. The van der Waals surface area contributed by atoms with E-state index in [4.69, 9.17) is 4.74 Å². The zero-order valence-corrected chi connectivity index (χ0v) is 19.0. The van der Waals surface area contributed by atoms with Gasteiger partial charge in [0.15, 0.2) is 11.9 Å². The topological polar surface area (TPSA) is 143 Å². The second-order valence-electron chi connectivity index (χ2n) is 7.64. The molecule has 180 valence electrons. The summed E-state index contributed by atoms with van der Waals surface area (Å²) in [5, 5.41) is 13.6. The maximum atomic E-state index is 15.0. The minimum atomic E-state index is -4.21. The lowest BCUT2D eigenvalue weighted by atomic mass is 10.1. The van der Waals surface area contributed by atoms with Crippen molar-refractivity contribution in [3.8, 4) is 17.0 Å². The van der Waals surface area contributed by atoms with Gasteiger partial charge in [0.05, 0.1) is 11.1 Å². The summed E-state index contributed by atoms with van der Waals surface area (Å²) in [6, 6.07) is 4.79. The van der Waals surface area contributed by atoms with Crippen molar-refractivity contribution in [1.29, 1.82) is 0 Å². The highest BCUT2D eigenvalue weighted by Crippen LogP contribution is 2.30. The molecule has 11 nitrogen and oxygen atoms in total. The predicted octanol–water partition coefficient (Wildman–Crippen LogP) is 2.62. The smallest absolute Gasteiger partial charge is 0.410 e. The number of ether oxygens (including phenoxy) is 1. The van der Waals surface area contributed by atoms with E-state index < -0.39 is 39.0 Å². The van der Waals surface area contributed by atoms with Gasteiger partial charge in [0.2, 0.25) is 11.8 Å². The lowest BCUT2D eigenvalue weighted by molar-refractivity contribution is -0.119. The summed E-state index contributed by atoms with van der Waals surface area (Å²) in [5.74, 6) is -1.32. The van der Waals surface area contributed by atoms with Gasteiger partial charge in [-0.05, 0) is 31.0 Å². The Bertz CT molecular complexity index is 1360. The number of hydrogen-bond donors (Lipinski definition) is 2. The van der Waals surface area contributed by atoms with Crippen LogP contribution in [-0.4, -0.2) is 57.8 Å². The van der Waals surface area contributed by atoms with Crippen LogP contribution in [0.4, 0.5) is 9.18 Å². The first-order chi connectivity index (χ1) is 16.2. The second kappa shape index (κ2) is 9.25. The summed E-state index contributed by atoms with van der Waals surface area (Å²) in [6.45, 7) is 1.86. The molecule has 1 atom stereocenters. The van der Waals surface area contributed by atoms with Crippen LogP contribution in [0.5, 0.6) is 5.88 Å². The van der Waals surface area contributed by atoms with Crippen LogP contribution in [-0.2, 0) is 14.8 Å². The van der Waals surface area contributed by atoms with Gasteiger partial charge in [0.25, 0.3) is 10.0 Å². The lowest BCUT2D eigenvalue weighted by Crippen LogP contribution is -2.46. The molecule has 0 spiro atoms. The number of likely N-dealkylation sites (tertiary alicyclic amines) is 1. The Hall–Kier alpha value is -3.74. The molecular formula is C21H22FN5O6S. The number of aromatic nitrogens is 3. The molecule has 0 aliphatic carbocycles. The third-order valence-corrected chi connectivity index (χ3v) is 6.80. The minimum Gasteiger partial charge on any atom is -0.465 e. The highest BCUT2D eigenvalue weighted by Gasteiger charge is 2.29. The molecule has 2 N–H and O–H groups in total. The number of amides is 2. The fraction of sp³-hybridized carbons (Fsp3) is 0.333. The molecule has 1 aliphatic heterocycles. The van der Waals surface area contributed by atoms with Gasteiger partial charge >= 0.3 is 6.09 Å². The van der Waals surface area contributed by atoms with Crippen molar-refractivity contribution in [2.45, 2.75) is 43.7 Å². The average molecular weight is 492 g/mol. The maximum Gasteiger partial charge on any atom is 0.410 e. The Kier molecular flexibility index (Phi) is 6.37. The molecule has 1 fully saturated rings. The largest absolute Gasteiger partial charge is 0.465 e. The van der Waals surface area contributed by atoms with E-state index in [1.807, 2.05) is 4.72 Å². The third-order valence-electron chi connectivity index (χ3n) is 5.43. The lowest BCUT2D eigenvalue weighted by Gasteiger charge is -2.33. The van der Waals surface area contributed by atoms with Crippen molar-refractivity contribution in [3.05, 3.63) is 42.5 Å². The SMILES string of the molecule is CCC(=O)NS(=O)(=O)c1ccc(-c2cnn3c(OC4CCCCN4C(=O)O)ccnc23)c(F)c1. The molecule has 4 rings (SSSR count). The Labute approximate surface area is 194 Å². The van der Waals surface area contributed by atoms with Crippen LogP contribution in [0.1, 0.15) is 32.6 Å². The number of carbonyl (C=O) groups is 2. The number of nitrogens with one attached hydrogen (secondary N) is 1. The molecule has 13 heteroatoms. The Balaban J connectivity index is 1.66. The van der Waals surface area contributed by atoms with E-state index in [9.17, 15) is 27.5 Å². The summed E-state index contributed by atoms with van der Waals surface area (Å²) in [5.41, 5.74) is 0.567. The van der Waals surface area contributed by atoms with Crippen molar-refractivity contribution in [2.24, 2.45) is 0 Å². The first-order valence-electron chi connectivity index (χ1n) is 10.6. The fourth-order valence-electron chi connectivity index (χ4n) is 3.69. The van der Waals surface area contributed by atoms with E-state index in [0.29, 0.717) is 13.0 Å². The Morgan fingerprint density at radius 3 is 2.76 bits per heavy atom. The van der Waals surface area contributed by atoms with Crippen LogP contribution in [0.2, 0.25) is 0 Å². The molecule has 1 aliphatic rings.